The van der Waals surface area contributed by atoms with Gasteiger partial charge in [-0.1, -0.05) is 29.8 Å². The van der Waals surface area contributed by atoms with Crippen LogP contribution >= 0.6 is 11.6 Å². The number of hydrogen-bond donors (Lipinski definition) is 1. The fourth-order valence-electron chi connectivity index (χ4n) is 3.96. The Morgan fingerprint density at radius 1 is 1.25 bits per heavy atom. The molecule has 0 saturated carbocycles. The molecule has 0 unspecified atom stereocenters. The molecule has 1 aliphatic heterocycles. The molecule has 2 aromatic rings. The first-order valence-electron chi connectivity index (χ1n) is 9.29. The van der Waals surface area contributed by atoms with Gasteiger partial charge in [-0.3, -0.25) is 24.3 Å². The number of rotatable bonds is 4. The SMILES string of the molecule is Cc1ccnc2c(NC(=O)CCN3C(=O)[C@H]4CC(Cl)=CC[C@H]4C3=O)cccc12. The maximum Gasteiger partial charge on any atom is 0.233 e. The second kappa shape index (κ2) is 7.36. The number of carbonyl (C=O) groups is 3. The molecule has 3 amide bonds. The largest absolute Gasteiger partial charge is 0.324 e. The van der Waals surface area contributed by atoms with Crippen molar-refractivity contribution in [3.63, 3.8) is 0 Å². The van der Waals surface area contributed by atoms with Crippen molar-refractivity contribution in [1.82, 2.24) is 9.88 Å². The van der Waals surface area contributed by atoms with Gasteiger partial charge in [0.25, 0.3) is 0 Å². The summed E-state index contributed by atoms with van der Waals surface area (Å²) in [6.45, 7) is 2.06. The van der Waals surface area contributed by atoms with E-state index >= 15 is 0 Å². The van der Waals surface area contributed by atoms with Crippen LogP contribution in [0.2, 0.25) is 0 Å². The van der Waals surface area contributed by atoms with Gasteiger partial charge in [0.15, 0.2) is 0 Å². The number of fused-ring (bicyclic) bond motifs is 2. The lowest BCUT2D eigenvalue weighted by Crippen LogP contribution is -2.34. The van der Waals surface area contributed by atoms with Gasteiger partial charge < -0.3 is 5.32 Å². The lowest BCUT2D eigenvalue weighted by atomic mass is 9.85. The Bertz CT molecular complexity index is 1020. The zero-order chi connectivity index (χ0) is 19.8. The number of likely N-dealkylation sites (tertiary alicyclic amines) is 1. The number of para-hydroxylation sites is 1. The normalized spacial score (nSPS) is 21.6. The molecule has 1 aliphatic carbocycles. The third-order valence-electron chi connectivity index (χ3n) is 5.49. The first-order valence-corrected chi connectivity index (χ1v) is 9.67. The first-order chi connectivity index (χ1) is 13.5. The van der Waals surface area contributed by atoms with Crippen LogP contribution in [0.5, 0.6) is 0 Å². The minimum atomic E-state index is -0.390. The molecule has 144 valence electrons. The van der Waals surface area contributed by atoms with Crippen LogP contribution in [0, 0.1) is 18.8 Å². The lowest BCUT2D eigenvalue weighted by molar-refractivity contribution is -0.140. The summed E-state index contributed by atoms with van der Waals surface area (Å²) in [5.74, 6) is -1.42. The number of pyridine rings is 1. The molecule has 7 heteroatoms. The van der Waals surface area contributed by atoms with Crippen LogP contribution in [0.1, 0.15) is 24.8 Å². The smallest absolute Gasteiger partial charge is 0.233 e. The summed E-state index contributed by atoms with van der Waals surface area (Å²) in [4.78, 5) is 43.1. The van der Waals surface area contributed by atoms with Crippen molar-refractivity contribution < 1.29 is 14.4 Å². The fraction of sp³-hybridized carbons (Fsp3) is 0.333. The zero-order valence-electron chi connectivity index (χ0n) is 15.4. The summed E-state index contributed by atoms with van der Waals surface area (Å²) in [5.41, 5.74) is 2.41. The number of benzene rings is 1. The first kappa shape index (κ1) is 18.6. The average Bonchev–Trinajstić information content (AvgIpc) is 2.91. The second-order valence-corrected chi connectivity index (χ2v) is 7.75. The van der Waals surface area contributed by atoms with E-state index < -0.39 is 5.92 Å². The van der Waals surface area contributed by atoms with E-state index in [1.807, 2.05) is 25.1 Å². The predicted molar refractivity (Wildman–Crippen MR) is 107 cm³/mol. The van der Waals surface area contributed by atoms with Gasteiger partial charge in [0.1, 0.15) is 0 Å². The molecule has 0 radical (unpaired) electrons. The van der Waals surface area contributed by atoms with Crippen molar-refractivity contribution in [2.24, 2.45) is 11.8 Å². The van der Waals surface area contributed by atoms with Gasteiger partial charge in [-0.05, 0) is 37.5 Å². The molecular weight excluding hydrogens is 378 g/mol. The van der Waals surface area contributed by atoms with E-state index in [1.165, 1.54) is 4.90 Å². The number of halogens is 1. The Morgan fingerprint density at radius 2 is 2.04 bits per heavy atom. The number of hydrogen-bond acceptors (Lipinski definition) is 4. The minimum Gasteiger partial charge on any atom is -0.324 e. The summed E-state index contributed by atoms with van der Waals surface area (Å²) >= 11 is 6.03. The van der Waals surface area contributed by atoms with Crippen molar-refractivity contribution in [1.29, 1.82) is 0 Å². The third-order valence-corrected chi connectivity index (χ3v) is 5.79. The molecule has 2 aliphatic rings. The molecule has 1 aromatic carbocycles. The number of nitrogens with zero attached hydrogens (tertiary/aromatic N) is 2. The predicted octanol–water partition coefficient (Wildman–Crippen LogP) is 3.39. The van der Waals surface area contributed by atoms with Crippen LogP contribution in [0.15, 0.2) is 41.6 Å². The minimum absolute atomic E-state index is 0.0419. The summed E-state index contributed by atoms with van der Waals surface area (Å²) in [7, 11) is 0. The molecule has 1 N–H and O–H groups in total. The zero-order valence-corrected chi connectivity index (χ0v) is 16.2. The molecule has 1 saturated heterocycles. The average molecular weight is 398 g/mol. The van der Waals surface area contributed by atoms with E-state index in [9.17, 15) is 14.4 Å². The monoisotopic (exact) mass is 397 g/mol. The third kappa shape index (κ3) is 3.29. The number of allylic oxidation sites excluding steroid dienone is 2. The molecule has 28 heavy (non-hydrogen) atoms. The Kier molecular flexibility index (Phi) is 4.89. The number of aryl methyl sites for hydroxylation is 1. The Hall–Kier alpha value is -2.73. The maximum absolute atomic E-state index is 12.6. The highest BCUT2D eigenvalue weighted by molar-refractivity contribution is 6.30. The van der Waals surface area contributed by atoms with Crippen LogP contribution in [-0.4, -0.2) is 34.2 Å². The van der Waals surface area contributed by atoms with Crippen molar-refractivity contribution in [2.75, 3.05) is 11.9 Å². The van der Waals surface area contributed by atoms with Gasteiger partial charge in [0.2, 0.25) is 17.7 Å². The number of imide groups is 1. The Morgan fingerprint density at radius 3 is 2.86 bits per heavy atom. The summed E-state index contributed by atoms with van der Waals surface area (Å²) in [5, 5.41) is 4.45. The lowest BCUT2D eigenvalue weighted by Gasteiger charge is -2.17. The Balaban J connectivity index is 1.43. The number of nitrogens with one attached hydrogen (secondary N) is 1. The standard InChI is InChI=1S/C21H20ClN3O3/c1-12-7-9-23-19-14(12)3-2-4-17(19)24-18(26)8-10-25-20(27)15-6-5-13(22)11-16(15)21(25)28/h2-5,7,9,15-16H,6,8,10-11H2,1H3,(H,24,26)/t15-,16+/m1/s1. The van der Waals surface area contributed by atoms with Gasteiger partial charge in [0, 0.05) is 29.6 Å². The number of carbonyl (C=O) groups excluding carboxylic acids is 3. The van der Waals surface area contributed by atoms with Gasteiger partial charge in [-0.15, -0.1) is 0 Å². The number of anilines is 1. The molecule has 0 spiro atoms. The van der Waals surface area contributed by atoms with E-state index in [2.05, 4.69) is 10.3 Å². The van der Waals surface area contributed by atoms with E-state index in [1.54, 1.807) is 18.3 Å². The molecule has 1 aromatic heterocycles. The van der Waals surface area contributed by atoms with E-state index in [0.717, 1.165) is 16.5 Å². The van der Waals surface area contributed by atoms with E-state index in [0.29, 0.717) is 23.6 Å². The van der Waals surface area contributed by atoms with Gasteiger partial charge in [0.05, 0.1) is 23.0 Å². The highest BCUT2D eigenvalue weighted by Crippen LogP contribution is 2.38. The number of amides is 3. The van der Waals surface area contributed by atoms with Crippen molar-refractivity contribution in [3.05, 3.63) is 47.1 Å². The topological polar surface area (TPSA) is 79.4 Å². The summed E-state index contributed by atoms with van der Waals surface area (Å²) < 4.78 is 0. The molecular formula is C21H20ClN3O3. The van der Waals surface area contributed by atoms with Crippen molar-refractivity contribution >= 4 is 45.9 Å². The molecule has 1 fully saturated rings. The molecule has 4 rings (SSSR count). The molecule has 2 atom stereocenters. The molecule has 0 bridgehead atoms. The molecule has 2 heterocycles. The fourth-order valence-corrected chi connectivity index (χ4v) is 4.21. The summed E-state index contributed by atoms with van der Waals surface area (Å²) in [6, 6.07) is 7.53. The Labute approximate surface area is 167 Å². The van der Waals surface area contributed by atoms with Crippen LogP contribution in [0.4, 0.5) is 5.69 Å². The van der Waals surface area contributed by atoms with Crippen LogP contribution in [-0.2, 0) is 14.4 Å². The number of aromatic nitrogens is 1. The second-order valence-electron chi connectivity index (χ2n) is 7.26. The summed E-state index contributed by atoms with van der Waals surface area (Å²) in [6.07, 6.45) is 4.44. The maximum atomic E-state index is 12.6. The van der Waals surface area contributed by atoms with Crippen LogP contribution < -0.4 is 5.32 Å². The van der Waals surface area contributed by atoms with Gasteiger partial charge in [-0.25, -0.2) is 0 Å². The highest BCUT2D eigenvalue weighted by atomic mass is 35.5. The van der Waals surface area contributed by atoms with E-state index in [-0.39, 0.29) is 36.6 Å². The van der Waals surface area contributed by atoms with Crippen LogP contribution in [0.3, 0.4) is 0 Å². The molecule has 6 nitrogen and oxygen atoms in total. The van der Waals surface area contributed by atoms with Gasteiger partial charge in [-0.2, -0.15) is 0 Å². The van der Waals surface area contributed by atoms with Gasteiger partial charge >= 0.3 is 0 Å². The van der Waals surface area contributed by atoms with Crippen molar-refractivity contribution in [2.45, 2.75) is 26.2 Å². The quantitative estimate of drug-likeness (QED) is 0.802. The van der Waals surface area contributed by atoms with Crippen molar-refractivity contribution in [3.8, 4) is 0 Å². The van der Waals surface area contributed by atoms with Crippen LogP contribution in [0.25, 0.3) is 10.9 Å². The highest BCUT2D eigenvalue weighted by Gasteiger charge is 2.48. The van der Waals surface area contributed by atoms with E-state index in [4.69, 9.17) is 11.6 Å².